The summed E-state index contributed by atoms with van der Waals surface area (Å²) >= 11 is 0. The van der Waals surface area contributed by atoms with Gasteiger partial charge in [-0.25, -0.2) is 0 Å². The van der Waals surface area contributed by atoms with E-state index in [-0.39, 0.29) is 5.82 Å². The van der Waals surface area contributed by atoms with Crippen molar-refractivity contribution in [2.75, 3.05) is 18.0 Å². The van der Waals surface area contributed by atoms with Gasteiger partial charge in [0.2, 0.25) is 12.1 Å². The van der Waals surface area contributed by atoms with Gasteiger partial charge >= 0.3 is 5.82 Å². The number of nitro groups is 1. The summed E-state index contributed by atoms with van der Waals surface area (Å²) in [5, 5.41) is 20.7. The van der Waals surface area contributed by atoms with Crippen molar-refractivity contribution in [1.82, 2.24) is 9.55 Å². The summed E-state index contributed by atoms with van der Waals surface area (Å²) in [6, 6.07) is 0. The van der Waals surface area contributed by atoms with Crippen LogP contribution in [0.25, 0.3) is 0 Å². The van der Waals surface area contributed by atoms with E-state index in [0.717, 1.165) is 0 Å². The van der Waals surface area contributed by atoms with Gasteiger partial charge < -0.3 is 20.1 Å². The van der Waals surface area contributed by atoms with E-state index in [0.29, 0.717) is 18.9 Å². The number of anilines is 1. The quantitative estimate of drug-likeness (QED) is 0.613. The fourth-order valence-corrected chi connectivity index (χ4v) is 1.71. The summed E-state index contributed by atoms with van der Waals surface area (Å²) < 4.78 is 1.59. The second-order valence-electron chi connectivity index (χ2n) is 4.59. The van der Waals surface area contributed by atoms with E-state index < -0.39 is 10.5 Å². The number of nitrogens with zero attached hydrogens (tertiary/aromatic N) is 4. The summed E-state index contributed by atoms with van der Waals surface area (Å²) in [5.74, 6) is 0.234. The Balaban J connectivity index is 3.11. The molecule has 0 aliphatic rings. The predicted octanol–water partition coefficient (Wildman–Crippen LogP) is 0.925. The largest absolute Gasteiger partial charge is 0.406 e. The molecule has 96 valence electrons. The molecule has 0 spiro atoms. The van der Waals surface area contributed by atoms with E-state index in [2.05, 4.69) is 4.98 Å². The highest BCUT2D eigenvalue weighted by atomic mass is 16.6. The van der Waals surface area contributed by atoms with Gasteiger partial charge in [0.25, 0.3) is 0 Å². The molecule has 1 N–H and O–H groups in total. The van der Waals surface area contributed by atoms with Crippen molar-refractivity contribution < 1.29 is 10.0 Å². The molecular formula is C10H18N4O3. The molecule has 1 aromatic heterocycles. The van der Waals surface area contributed by atoms with Gasteiger partial charge in [0, 0.05) is 20.1 Å². The van der Waals surface area contributed by atoms with Gasteiger partial charge in [-0.05, 0) is 30.7 Å². The Hall–Kier alpha value is -1.63. The lowest BCUT2D eigenvalue weighted by Gasteiger charge is -2.28. The van der Waals surface area contributed by atoms with Crippen molar-refractivity contribution in [2.24, 2.45) is 7.05 Å². The maximum absolute atomic E-state index is 10.9. The molecule has 0 aliphatic carbocycles. The Morgan fingerprint density at radius 1 is 1.65 bits per heavy atom. The highest BCUT2D eigenvalue weighted by Gasteiger charge is 2.28. The fraction of sp³-hybridized carbons (Fsp3) is 0.700. The Labute approximate surface area is 99.8 Å². The molecule has 1 rings (SSSR count). The summed E-state index contributed by atoms with van der Waals surface area (Å²) in [6.45, 7) is 6.08. The van der Waals surface area contributed by atoms with Gasteiger partial charge in [0.15, 0.2) is 0 Å². The summed E-state index contributed by atoms with van der Waals surface area (Å²) in [5.41, 5.74) is -0.922. The molecule has 7 nitrogen and oxygen atoms in total. The zero-order valence-corrected chi connectivity index (χ0v) is 10.5. The lowest BCUT2D eigenvalue weighted by atomic mass is 10.1. The van der Waals surface area contributed by atoms with Crippen LogP contribution in [-0.4, -0.2) is 38.3 Å². The van der Waals surface area contributed by atoms with E-state index in [4.69, 9.17) is 0 Å². The molecule has 0 radical (unpaired) electrons. The van der Waals surface area contributed by atoms with Crippen LogP contribution in [-0.2, 0) is 7.05 Å². The van der Waals surface area contributed by atoms with E-state index in [1.165, 1.54) is 6.33 Å². The van der Waals surface area contributed by atoms with Gasteiger partial charge in [-0.1, -0.05) is 0 Å². The zero-order valence-electron chi connectivity index (χ0n) is 10.5. The van der Waals surface area contributed by atoms with Crippen molar-refractivity contribution in [3.8, 4) is 0 Å². The maximum Gasteiger partial charge on any atom is 0.406 e. The molecule has 0 bridgehead atoms. The van der Waals surface area contributed by atoms with Crippen molar-refractivity contribution in [1.29, 1.82) is 0 Å². The second-order valence-corrected chi connectivity index (χ2v) is 4.59. The van der Waals surface area contributed by atoms with Gasteiger partial charge in [-0.3, -0.25) is 4.57 Å². The maximum atomic E-state index is 10.9. The first kappa shape index (κ1) is 13.4. The minimum atomic E-state index is -0.922. The molecule has 1 aromatic rings. The van der Waals surface area contributed by atoms with Crippen LogP contribution in [0.5, 0.6) is 0 Å². The number of aryl methyl sites for hydroxylation is 1. The Morgan fingerprint density at radius 3 is 2.65 bits per heavy atom. The van der Waals surface area contributed by atoms with Crippen LogP contribution in [0.15, 0.2) is 6.33 Å². The van der Waals surface area contributed by atoms with Gasteiger partial charge in [-0.15, -0.1) is 0 Å². The first-order valence-corrected chi connectivity index (χ1v) is 5.39. The number of aliphatic hydroxyl groups is 1. The van der Waals surface area contributed by atoms with Crippen LogP contribution in [0.4, 0.5) is 11.6 Å². The van der Waals surface area contributed by atoms with Crippen LogP contribution in [0.2, 0.25) is 0 Å². The Bertz CT molecular complexity index is 408. The van der Waals surface area contributed by atoms with Crippen molar-refractivity contribution in [2.45, 2.75) is 26.4 Å². The van der Waals surface area contributed by atoms with Gasteiger partial charge in [0.05, 0.1) is 5.60 Å². The summed E-state index contributed by atoms with van der Waals surface area (Å²) in [7, 11) is 1.70. The van der Waals surface area contributed by atoms with E-state index >= 15 is 0 Å². The van der Waals surface area contributed by atoms with E-state index in [1.807, 2.05) is 6.92 Å². The molecule has 0 saturated heterocycles. The minimum Gasteiger partial charge on any atom is -0.389 e. The predicted molar refractivity (Wildman–Crippen MR) is 64.0 cm³/mol. The third-order valence-corrected chi connectivity index (χ3v) is 2.32. The topological polar surface area (TPSA) is 84.4 Å². The van der Waals surface area contributed by atoms with Crippen LogP contribution >= 0.6 is 0 Å². The lowest BCUT2D eigenvalue weighted by Crippen LogP contribution is -2.39. The standard InChI is InChI=1S/C10H18N4O3/c1-5-13(6-10(2,3)15)9-8(14(16)17)11-7-12(9)4/h7,15H,5-6H2,1-4H3. The highest BCUT2D eigenvalue weighted by molar-refractivity contribution is 5.54. The lowest BCUT2D eigenvalue weighted by molar-refractivity contribution is -0.388. The number of hydrogen-bond donors (Lipinski definition) is 1. The van der Waals surface area contributed by atoms with Crippen LogP contribution in [0, 0.1) is 10.1 Å². The Kier molecular flexibility index (Phi) is 3.72. The van der Waals surface area contributed by atoms with Crippen molar-refractivity contribution in [3.63, 3.8) is 0 Å². The van der Waals surface area contributed by atoms with Crippen LogP contribution in [0.1, 0.15) is 20.8 Å². The zero-order chi connectivity index (χ0) is 13.2. The van der Waals surface area contributed by atoms with Gasteiger partial charge in [0.1, 0.15) is 0 Å². The number of hydrogen-bond acceptors (Lipinski definition) is 5. The minimum absolute atomic E-state index is 0.182. The van der Waals surface area contributed by atoms with Gasteiger partial charge in [-0.2, -0.15) is 0 Å². The molecular weight excluding hydrogens is 224 g/mol. The number of likely N-dealkylation sites (N-methyl/N-ethyl adjacent to an activating group) is 1. The molecule has 17 heavy (non-hydrogen) atoms. The molecule has 7 heteroatoms. The molecule has 0 aromatic carbocycles. The van der Waals surface area contributed by atoms with Crippen molar-refractivity contribution >= 4 is 11.6 Å². The SMILES string of the molecule is CCN(CC(C)(C)O)c1c([N+](=O)[O-])ncn1C. The third kappa shape index (κ3) is 3.16. The highest BCUT2D eigenvalue weighted by Crippen LogP contribution is 2.26. The summed E-state index contributed by atoms with van der Waals surface area (Å²) in [6.07, 6.45) is 1.40. The fourth-order valence-electron chi connectivity index (χ4n) is 1.71. The smallest absolute Gasteiger partial charge is 0.389 e. The molecule has 0 aliphatic heterocycles. The molecule has 0 unspecified atom stereocenters. The monoisotopic (exact) mass is 242 g/mol. The van der Waals surface area contributed by atoms with Crippen molar-refractivity contribution in [3.05, 3.63) is 16.4 Å². The third-order valence-electron chi connectivity index (χ3n) is 2.32. The average molecular weight is 242 g/mol. The summed E-state index contributed by atoms with van der Waals surface area (Å²) in [4.78, 5) is 15.8. The molecule has 0 atom stereocenters. The van der Waals surface area contributed by atoms with Crippen LogP contribution < -0.4 is 4.90 Å². The Morgan fingerprint density at radius 2 is 2.24 bits per heavy atom. The average Bonchev–Trinajstić information content (AvgIpc) is 2.55. The first-order valence-electron chi connectivity index (χ1n) is 5.39. The second kappa shape index (κ2) is 4.70. The molecule has 0 saturated carbocycles. The molecule has 0 fully saturated rings. The van der Waals surface area contributed by atoms with Crippen LogP contribution in [0.3, 0.4) is 0 Å². The number of imidazole rings is 1. The molecule has 0 amide bonds. The number of aromatic nitrogens is 2. The first-order chi connectivity index (χ1) is 7.76. The van der Waals surface area contributed by atoms with E-state index in [1.54, 1.807) is 30.4 Å². The number of rotatable bonds is 5. The van der Waals surface area contributed by atoms with E-state index in [9.17, 15) is 15.2 Å². The molecule has 1 heterocycles. The normalized spacial score (nSPS) is 11.6.